The molecule has 3 heteroatoms. The molecule has 0 amide bonds. The van der Waals surface area contributed by atoms with E-state index in [1.54, 1.807) is 0 Å². The molecule has 2 aromatic carbocycles. The number of amidine groups is 1. The second-order valence-electron chi connectivity index (χ2n) is 4.61. The second kappa shape index (κ2) is 4.61. The first-order valence-corrected chi connectivity index (χ1v) is 6.21. The molecule has 0 saturated carbocycles. The number of aromatic nitrogens is 1. The van der Waals surface area contributed by atoms with E-state index >= 15 is 0 Å². The lowest BCUT2D eigenvalue weighted by molar-refractivity contribution is 0.837. The van der Waals surface area contributed by atoms with Gasteiger partial charge in [0.05, 0.1) is 0 Å². The fourth-order valence-corrected chi connectivity index (χ4v) is 2.26. The highest BCUT2D eigenvalue weighted by Crippen LogP contribution is 2.17. The Bertz CT molecular complexity index is 723. The van der Waals surface area contributed by atoms with E-state index in [2.05, 4.69) is 35.0 Å². The highest BCUT2D eigenvalue weighted by atomic mass is 14.9. The van der Waals surface area contributed by atoms with Gasteiger partial charge in [0.15, 0.2) is 0 Å². The van der Waals surface area contributed by atoms with E-state index in [1.165, 1.54) is 16.5 Å². The third-order valence-electron chi connectivity index (χ3n) is 3.30. The van der Waals surface area contributed by atoms with E-state index in [1.807, 2.05) is 30.3 Å². The highest BCUT2D eigenvalue weighted by molar-refractivity contribution is 5.94. The molecule has 1 aromatic heterocycles. The number of nitrogens with one attached hydrogen (secondary N) is 1. The molecular formula is C16H15N3. The maximum absolute atomic E-state index is 7.38. The Balaban J connectivity index is 1.90. The van der Waals surface area contributed by atoms with Crippen LogP contribution in [0.25, 0.3) is 10.9 Å². The molecule has 0 aliphatic rings. The van der Waals surface area contributed by atoms with Crippen molar-refractivity contribution in [1.82, 2.24) is 4.57 Å². The van der Waals surface area contributed by atoms with E-state index in [4.69, 9.17) is 11.1 Å². The fraction of sp³-hybridized carbons (Fsp3) is 0.0625. The molecule has 94 valence electrons. The Morgan fingerprint density at radius 2 is 1.74 bits per heavy atom. The molecule has 1 heterocycles. The third-order valence-corrected chi connectivity index (χ3v) is 3.30. The van der Waals surface area contributed by atoms with Crippen LogP contribution < -0.4 is 5.73 Å². The number of hydrogen-bond donors (Lipinski definition) is 2. The van der Waals surface area contributed by atoms with E-state index in [0.717, 1.165) is 12.1 Å². The van der Waals surface area contributed by atoms with Crippen molar-refractivity contribution < 1.29 is 0 Å². The summed E-state index contributed by atoms with van der Waals surface area (Å²) in [5.74, 6) is 0.109. The van der Waals surface area contributed by atoms with Gasteiger partial charge in [-0.3, -0.25) is 5.41 Å². The zero-order valence-electron chi connectivity index (χ0n) is 10.5. The Kier molecular flexibility index (Phi) is 2.80. The van der Waals surface area contributed by atoms with Crippen molar-refractivity contribution in [2.75, 3.05) is 0 Å². The standard InChI is InChI=1S/C16H15N3/c17-16(18)14-7-5-12(6-8-14)11-19-10-9-13-3-1-2-4-15(13)19/h1-10H,11H2,(H3,17,18). The van der Waals surface area contributed by atoms with Crippen molar-refractivity contribution in [3.05, 3.63) is 71.9 Å². The summed E-state index contributed by atoms with van der Waals surface area (Å²) < 4.78 is 2.22. The van der Waals surface area contributed by atoms with Gasteiger partial charge in [-0.1, -0.05) is 42.5 Å². The second-order valence-corrected chi connectivity index (χ2v) is 4.61. The Labute approximate surface area is 111 Å². The summed E-state index contributed by atoms with van der Waals surface area (Å²) in [6.07, 6.45) is 2.10. The molecule has 0 radical (unpaired) electrons. The molecule has 3 rings (SSSR count). The van der Waals surface area contributed by atoms with Gasteiger partial charge in [0, 0.05) is 23.8 Å². The van der Waals surface area contributed by atoms with E-state index < -0.39 is 0 Å². The lowest BCUT2D eigenvalue weighted by Gasteiger charge is -2.06. The summed E-state index contributed by atoms with van der Waals surface area (Å²) in [7, 11) is 0. The van der Waals surface area contributed by atoms with Crippen LogP contribution in [0.1, 0.15) is 11.1 Å². The van der Waals surface area contributed by atoms with Gasteiger partial charge in [-0.05, 0) is 23.1 Å². The number of rotatable bonds is 3. The topological polar surface area (TPSA) is 54.8 Å². The van der Waals surface area contributed by atoms with Crippen LogP contribution in [0.2, 0.25) is 0 Å². The smallest absolute Gasteiger partial charge is 0.122 e. The van der Waals surface area contributed by atoms with Crippen LogP contribution in [-0.2, 0) is 6.54 Å². The number of benzene rings is 2. The Morgan fingerprint density at radius 1 is 1.00 bits per heavy atom. The van der Waals surface area contributed by atoms with Gasteiger partial charge in [0.25, 0.3) is 0 Å². The van der Waals surface area contributed by atoms with E-state index in [0.29, 0.717) is 0 Å². The van der Waals surface area contributed by atoms with Gasteiger partial charge < -0.3 is 10.3 Å². The molecule has 0 aliphatic heterocycles. The van der Waals surface area contributed by atoms with E-state index in [-0.39, 0.29) is 5.84 Å². The molecule has 0 spiro atoms. The average Bonchev–Trinajstić information content (AvgIpc) is 2.83. The lowest BCUT2D eigenvalue weighted by atomic mass is 10.1. The van der Waals surface area contributed by atoms with Crippen LogP contribution >= 0.6 is 0 Å². The minimum atomic E-state index is 0.109. The molecule has 3 aromatic rings. The number of nitrogen functional groups attached to an aromatic ring is 1. The van der Waals surface area contributed by atoms with Crippen LogP contribution in [0.4, 0.5) is 0 Å². The van der Waals surface area contributed by atoms with Crippen LogP contribution in [-0.4, -0.2) is 10.4 Å². The molecule has 0 bridgehead atoms. The van der Waals surface area contributed by atoms with Crippen molar-refractivity contribution >= 4 is 16.7 Å². The monoisotopic (exact) mass is 249 g/mol. The van der Waals surface area contributed by atoms with Crippen LogP contribution in [0.3, 0.4) is 0 Å². The van der Waals surface area contributed by atoms with Crippen molar-refractivity contribution in [2.45, 2.75) is 6.54 Å². The minimum Gasteiger partial charge on any atom is -0.384 e. The van der Waals surface area contributed by atoms with Gasteiger partial charge in [-0.25, -0.2) is 0 Å². The Hall–Kier alpha value is -2.55. The summed E-state index contributed by atoms with van der Waals surface area (Å²) in [6, 6.07) is 18.3. The van der Waals surface area contributed by atoms with Gasteiger partial charge in [0.1, 0.15) is 5.84 Å². The molecule has 3 N–H and O–H groups in total. The highest BCUT2D eigenvalue weighted by Gasteiger charge is 2.02. The van der Waals surface area contributed by atoms with Crippen LogP contribution in [0.15, 0.2) is 60.8 Å². The summed E-state index contributed by atoms with van der Waals surface area (Å²) in [5.41, 5.74) is 8.65. The zero-order valence-corrected chi connectivity index (χ0v) is 10.5. The predicted molar refractivity (Wildman–Crippen MR) is 78.5 cm³/mol. The quantitative estimate of drug-likeness (QED) is 0.544. The van der Waals surface area contributed by atoms with Crippen molar-refractivity contribution in [2.24, 2.45) is 5.73 Å². The van der Waals surface area contributed by atoms with Gasteiger partial charge in [-0.15, -0.1) is 0 Å². The number of nitrogens with two attached hydrogens (primary N) is 1. The van der Waals surface area contributed by atoms with E-state index in [9.17, 15) is 0 Å². The molecule has 0 saturated heterocycles. The third kappa shape index (κ3) is 2.22. The Morgan fingerprint density at radius 3 is 2.47 bits per heavy atom. The maximum atomic E-state index is 7.38. The molecular weight excluding hydrogens is 234 g/mol. The first-order valence-electron chi connectivity index (χ1n) is 6.21. The fourth-order valence-electron chi connectivity index (χ4n) is 2.26. The minimum absolute atomic E-state index is 0.109. The molecule has 0 atom stereocenters. The summed E-state index contributed by atoms with van der Waals surface area (Å²) >= 11 is 0. The number of fused-ring (bicyclic) bond motifs is 1. The molecule has 3 nitrogen and oxygen atoms in total. The number of nitrogens with zero attached hydrogens (tertiary/aromatic N) is 1. The maximum Gasteiger partial charge on any atom is 0.122 e. The number of para-hydroxylation sites is 1. The van der Waals surface area contributed by atoms with Crippen molar-refractivity contribution in [1.29, 1.82) is 5.41 Å². The predicted octanol–water partition coefficient (Wildman–Crippen LogP) is 2.97. The number of hydrogen-bond acceptors (Lipinski definition) is 1. The first kappa shape index (κ1) is 11.5. The molecule has 0 aliphatic carbocycles. The molecule has 0 unspecified atom stereocenters. The average molecular weight is 249 g/mol. The molecule has 0 fully saturated rings. The van der Waals surface area contributed by atoms with Gasteiger partial charge in [0.2, 0.25) is 0 Å². The summed E-state index contributed by atoms with van der Waals surface area (Å²) in [5, 5.41) is 8.64. The zero-order chi connectivity index (χ0) is 13.2. The van der Waals surface area contributed by atoms with Crippen LogP contribution in [0, 0.1) is 5.41 Å². The summed E-state index contributed by atoms with van der Waals surface area (Å²) in [4.78, 5) is 0. The first-order chi connectivity index (χ1) is 9.24. The van der Waals surface area contributed by atoms with Crippen LogP contribution in [0.5, 0.6) is 0 Å². The van der Waals surface area contributed by atoms with Gasteiger partial charge in [-0.2, -0.15) is 0 Å². The normalized spacial score (nSPS) is 10.7. The lowest BCUT2D eigenvalue weighted by Crippen LogP contribution is -2.10. The largest absolute Gasteiger partial charge is 0.384 e. The molecule has 19 heavy (non-hydrogen) atoms. The summed E-state index contributed by atoms with van der Waals surface area (Å²) in [6.45, 7) is 0.825. The van der Waals surface area contributed by atoms with Crippen molar-refractivity contribution in [3.8, 4) is 0 Å². The SMILES string of the molecule is N=C(N)c1ccc(Cn2ccc3ccccc32)cc1. The van der Waals surface area contributed by atoms with Gasteiger partial charge >= 0.3 is 0 Å². The van der Waals surface area contributed by atoms with Crippen molar-refractivity contribution in [3.63, 3.8) is 0 Å².